The van der Waals surface area contributed by atoms with E-state index in [0.717, 1.165) is 11.1 Å². The summed E-state index contributed by atoms with van der Waals surface area (Å²) in [6.45, 7) is 7.32. The first-order valence-electron chi connectivity index (χ1n) is 8.23. The van der Waals surface area contributed by atoms with Crippen LogP contribution in [0.4, 0.5) is 0 Å². The molecule has 0 aliphatic heterocycles. The van der Waals surface area contributed by atoms with E-state index in [4.69, 9.17) is 9.15 Å². The number of hydrogen-bond donors (Lipinski definition) is 0. The van der Waals surface area contributed by atoms with Crippen LogP contribution in [-0.4, -0.2) is 5.97 Å². The van der Waals surface area contributed by atoms with Crippen molar-refractivity contribution in [3.63, 3.8) is 0 Å². The van der Waals surface area contributed by atoms with E-state index in [1.54, 1.807) is 26.0 Å². The second kappa shape index (κ2) is 6.55. The fourth-order valence-corrected chi connectivity index (χ4v) is 2.50. The molecule has 3 aromatic rings. The van der Waals surface area contributed by atoms with E-state index in [2.05, 4.69) is 0 Å². The van der Waals surface area contributed by atoms with Gasteiger partial charge in [0.25, 0.3) is 0 Å². The molecule has 1 heterocycles. The van der Waals surface area contributed by atoms with Crippen LogP contribution in [0.1, 0.15) is 25.0 Å². The van der Waals surface area contributed by atoms with Crippen molar-refractivity contribution in [1.82, 2.24) is 0 Å². The number of aryl methyl sites for hydroxylation is 2. The Morgan fingerprint density at radius 1 is 1.00 bits per heavy atom. The van der Waals surface area contributed by atoms with Crippen molar-refractivity contribution in [1.29, 1.82) is 0 Å². The van der Waals surface area contributed by atoms with Gasteiger partial charge < -0.3 is 9.15 Å². The number of carbonyl (C=O) groups excluding carboxylic acids is 1. The van der Waals surface area contributed by atoms with Crippen LogP contribution < -0.4 is 10.2 Å². The average molecular weight is 336 g/mol. The predicted octanol–water partition coefficient (Wildman–Crippen LogP) is 4.64. The summed E-state index contributed by atoms with van der Waals surface area (Å²) in [6.07, 6.45) is 0. The molecule has 0 N–H and O–H groups in total. The molecule has 0 amide bonds. The van der Waals surface area contributed by atoms with E-state index in [1.807, 2.05) is 44.2 Å². The number of fused-ring (bicyclic) bond motifs is 1. The van der Waals surface area contributed by atoms with Crippen LogP contribution in [0.15, 0.2) is 51.7 Å². The maximum absolute atomic E-state index is 13.0. The van der Waals surface area contributed by atoms with Crippen LogP contribution in [0.3, 0.4) is 0 Å². The van der Waals surface area contributed by atoms with Gasteiger partial charge in [-0.05, 0) is 26.0 Å². The van der Waals surface area contributed by atoms with Gasteiger partial charge in [0.1, 0.15) is 5.58 Å². The van der Waals surface area contributed by atoms with Crippen molar-refractivity contribution in [2.24, 2.45) is 5.92 Å². The van der Waals surface area contributed by atoms with Crippen LogP contribution in [0.25, 0.3) is 22.3 Å². The van der Waals surface area contributed by atoms with Crippen LogP contribution >= 0.6 is 0 Å². The number of benzene rings is 2. The zero-order valence-electron chi connectivity index (χ0n) is 14.8. The Labute approximate surface area is 146 Å². The van der Waals surface area contributed by atoms with Gasteiger partial charge in [0.15, 0.2) is 5.76 Å². The van der Waals surface area contributed by atoms with Gasteiger partial charge in [-0.1, -0.05) is 55.3 Å². The predicted molar refractivity (Wildman–Crippen MR) is 97.9 cm³/mol. The molecule has 4 heteroatoms. The van der Waals surface area contributed by atoms with Crippen LogP contribution in [0.5, 0.6) is 5.75 Å². The number of hydrogen-bond acceptors (Lipinski definition) is 4. The molecule has 0 atom stereocenters. The van der Waals surface area contributed by atoms with Gasteiger partial charge in [0.05, 0.1) is 11.3 Å². The molecule has 0 unspecified atom stereocenters. The summed E-state index contributed by atoms with van der Waals surface area (Å²) >= 11 is 0. The largest absolute Gasteiger partial charge is 0.452 e. The lowest BCUT2D eigenvalue weighted by atomic mass is 10.1. The van der Waals surface area contributed by atoms with Crippen molar-refractivity contribution in [3.05, 3.63) is 63.8 Å². The molecule has 0 saturated heterocycles. The number of ether oxygens (including phenoxy) is 1. The Hall–Kier alpha value is -2.88. The standard InChI is InChI=1S/C21H20O4/c1-12(2)21(23)25-20-18(22)16-11-14(4)7-10-17(16)24-19(20)15-8-5-13(3)6-9-15/h5-12H,1-4H3. The lowest BCUT2D eigenvalue weighted by Crippen LogP contribution is -2.20. The maximum Gasteiger partial charge on any atom is 0.314 e. The van der Waals surface area contributed by atoms with Crippen molar-refractivity contribution < 1.29 is 13.9 Å². The number of esters is 1. The third-order valence-corrected chi connectivity index (χ3v) is 3.99. The van der Waals surface area contributed by atoms with E-state index < -0.39 is 5.97 Å². The molecule has 1 aromatic heterocycles. The van der Waals surface area contributed by atoms with E-state index in [-0.39, 0.29) is 22.9 Å². The Bertz CT molecular complexity index is 995. The summed E-state index contributed by atoms with van der Waals surface area (Å²) in [6, 6.07) is 12.9. The highest BCUT2D eigenvalue weighted by Crippen LogP contribution is 2.31. The molecule has 4 nitrogen and oxygen atoms in total. The second-order valence-electron chi connectivity index (χ2n) is 6.53. The zero-order valence-corrected chi connectivity index (χ0v) is 14.8. The fraction of sp³-hybridized carbons (Fsp3) is 0.238. The third-order valence-electron chi connectivity index (χ3n) is 3.99. The lowest BCUT2D eigenvalue weighted by molar-refractivity contribution is -0.137. The highest BCUT2D eigenvalue weighted by Gasteiger charge is 2.21. The van der Waals surface area contributed by atoms with Crippen molar-refractivity contribution >= 4 is 16.9 Å². The van der Waals surface area contributed by atoms with Crippen molar-refractivity contribution in [3.8, 4) is 17.1 Å². The summed E-state index contributed by atoms with van der Waals surface area (Å²) < 4.78 is 11.4. The van der Waals surface area contributed by atoms with E-state index >= 15 is 0 Å². The molecule has 0 radical (unpaired) electrons. The second-order valence-corrected chi connectivity index (χ2v) is 6.53. The van der Waals surface area contributed by atoms with Gasteiger partial charge in [0.2, 0.25) is 11.2 Å². The Kier molecular flexibility index (Phi) is 4.45. The SMILES string of the molecule is Cc1ccc(-c2oc3ccc(C)cc3c(=O)c2OC(=O)C(C)C)cc1. The summed E-state index contributed by atoms with van der Waals surface area (Å²) in [7, 11) is 0. The average Bonchev–Trinajstić information content (AvgIpc) is 2.58. The van der Waals surface area contributed by atoms with Gasteiger partial charge in [-0.3, -0.25) is 9.59 Å². The molecule has 2 aromatic carbocycles. The molecule has 0 saturated carbocycles. The van der Waals surface area contributed by atoms with Gasteiger partial charge >= 0.3 is 5.97 Å². The minimum Gasteiger partial charge on any atom is -0.452 e. The smallest absolute Gasteiger partial charge is 0.314 e. The monoisotopic (exact) mass is 336 g/mol. The first kappa shape index (κ1) is 17.0. The van der Waals surface area contributed by atoms with Crippen molar-refractivity contribution in [2.45, 2.75) is 27.7 Å². The van der Waals surface area contributed by atoms with Gasteiger partial charge in [-0.15, -0.1) is 0 Å². The van der Waals surface area contributed by atoms with E-state index in [1.165, 1.54) is 0 Å². The molecule has 128 valence electrons. The van der Waals surface area contributed by atoms with Crippen LogP contribution in [0, 0.1) is 19.8 Å². The fourth-order valence-electron chi connectivity index (χ4n) is 2.50. The molecule has 0 aliphatic rings. The topological polar surface area (TPSA) is 56.5 Å². The van der Waals surface area contributed by atoms with E-state index in [9.17, 15) is 9.59 Å². The van der Waals surface area contributed by atoms with Crippen LogP contribution in [0.2, 0.25) is 0 Å². The first-order chi connectivity index (χ1) is 11.9. The summed E-state index contributed by atoms with van der Waals surface area (Å²) in [5.41, 5.74) is 2.84. The van der Waals surface area contributed by atoms with Crippen LogP contribution in [-0.2, 0) is 4.79 Å². The zero-order chi connectivity index (χ0) is 18.1. The summed E-state index contributed by atoms with van der Waals surface area (Å²) in [5, 5.41) is 0.405. The van der Waals surface area contributed by atoms with Gasteiger partial charge in [0, 0.05) is 5.56 Å². The highest BCUT2D eigenvalue weighted by atomic mass is 16.5. The minimum absolute atomic E-state index is 0.0550. The summed E-state index contributed by atoms with van der Waals surface area (Å²) in [4.78, 5) is 25.1. The quantitative estimate of drug-likeness (QED) is 0.654. The first-order valence-corrected chi connectivity index (χ1v) is 8.23. The molecule has 3 rings (SSSR count). The Morgan fingerprint density at radius 3 is 2.28 bits per heavy atom. The van der Waals surface area contributed by atoms with Crippen molar-refractivity contribution in [2.75, 3.05) is 0 Å². The summed E-state index contributed by atoms with van der Waals surface area (Å²) in [5.74, 6) is -0.595. The molecular formula is C21H20O4. The molecule has 0 aliphatic carbocycles. The minimum atomic E-state index is -0.465. The Balaban J connectivity index is 2.29. The normalized spacial score (nSPS) is 11.1. The molecule has 0 bridgehead atoms. The number of carbonyl (C=O) groups is 1. The Morgan fingerprint density at radius 2 is 1.64 bits per heavy atom. The lowest BCUT2D eigenvalue weighted by Gasteiger charge is -2.12. The van der Waals surface area contributed by atoms with Gasteiger partial charge in [-0.2, -0.15) is 0 Å². The molecule has 0 spiro atoms. The third kappa shape index (κ3) is 3.33. The maximum atomic E-state index is 13.0. The highest BCUT2D eigenvalue weighted by molar-refractivity contribution is 5.85. The molecule has 0 fully saturated rings. The number of rotatable bonds is 3. The molecular weight excluding hydrogens is 316 g/mol. The van der Waals surface area contributed by atoms with Gasteiger partial charge in [-0.25, -0.2) is 0 Å². The molecule has 25 heavy (non-hydrogen) atoms. The van der Waals surface area contributed by atoms with E-state index in [0.29, 0.717) is 16.5 Å².